The van der Waals surface area contributed by atoms with E-state index in [4.69, 9.17) is 0 Å². The summed E-state index contributed by atoms with van der Waals surface area (Å²) in [6.07, 6.45) is 5.37. The van der Waals surface area contributed by atoms with Gasteiger partial charge >= 0.3 is 0 Å². The highest BCUT2D eigenvalue weighted by Crippen LogP contribution is 2.28. The molecule has 0 unspecified atom stereocenters. The van der Waals surface area contributed by atoms with Gasteiger partial charge < -0.3 is 10.5 Å². The van der Waals surface area contributed by atoms with Crippen LogP contribution < -0.4 is 5.32 Å². The first-order valence-electron chi connectivity index (χ1n) is 9.57. The molecule has 1 amide bonds. The lowest BCUT2D eigenvalue weighted by Crippen LogP contribution is -2.24. The van der Waals surface area contributed by atoms with E-state index in [1.54, 1.807) is 18.2 Å². The number of carbonyl (C=O) groups is 1. The predicted molar refractivity (Wildman–Crippen MR) is 107 cm³/mol. The van der Waals surface area contributed by atoms with E-state index in [2.05, 4.69) is 10.3 Å². The molecule has 28 heavy (non-hydrogen) atoms. The number of hydrogen-bond acceptors (Lipinski definition) is 4. The zero-order valence-corrected chi connectivity index (χ0v) is 15.8. The largest absolute Gasteiger partial charge is 0.426 e. The third kappa shape index (κ3) is 3.47. The number of benzene rings is 2. The second kappa shape index (κ2) is 7.42. The van der Waals surface area contributed by atoms with Crippen LogP contribution in [-0.2, 0) is 4.79 Å². The van der Waals surface area contributed by atoms with Crippen molar-refractivity contribution in [1.82, 2.24) is 9.71 Å². The second-order valence-corrected chi connectivity index (χ2v) is 7.32. The minimum absolute atomic E-state index is 0.0797. The Labute approximate surface area is 162 Å². The maximum atomic E-state index is 12.4. The van der Waals surface area contributed by atoms with Crippen LogP contribution in [0, 0.1) is 10.8 Å². The summed E-state index contributed by atoms with van der Waals surface area (Å²) in [5, 5.41) is 13.5. The highest BCUT2D eigenvalue weighted by Gasteiger charge is 2.21. The van der Waals surface area contributed by atoms with Crippen LogP contribution in [0.15, 0.2) is 42.5 Å². The molecule has 7 heteroatoms. The summed E-state index contributed by atoms with van der Waals surface area (Å²) in [6.45, 7) is 0. The van der Waals surface area contributed by atoms with Gasteiger partial charge in [0.1, 0.15) is 5.52 Å². The average molecular weight is 379 g/mol. The molecule has 144 valence electrons. The van der Waals surface area contributed by atoms with Gasteiger partial charge in [-0.15, -0.1) is 0 Å². The molecule has 0 aliphatic heterocycles. The molecular weight excluding hydrogens is 356 g/mol. The molecule has 0 atom stereocenters. The van der Waals surface area contributed by atoms with Gasteiger partial charge in [0.2, 0.25) is 5.91 Å². The molecule has 1 aliphatic carbocycles. The molecule has 1 aromatic heterocycles. The molecule has 1 heterocycles. The molecule has 1 aliphatic rings. The van der Waals surface area contributed by atoms with Crippen LogP contribution in [0.25, 0.3) is 22.4 Å². The first-order chi connectivity index (χ1) is 13.5. The SMILES string of the molecule is C[N+](=O)c1ccc2nc(-c3ccc(NC(=O)C4CCCCC4)cc3)n(O)c2c1. The molecule has 0 saturated heterocycles. The monoisotopic (exact) mass is 379 g/mol. The van der Waals surface area contributed by atoms with Crippen molar-refractivity contribution in [3.8, 4) is 11.4 Å². The summed E-state index contributed by atoms with van der Waals surface area (Å²) >= 11 is 0. The van der Waals surface area contributed by atoms with Crippen LogP contribution in [0.3, 0.4) is 0 Å². The summed E-state index contributed by atoms with van der Waals surface area (Å²) < 4.78 is 1.72. The number of fused-ring (bicyclic) bond motifs is 1. The fourth-order valence-electron chi connectivity index (χ4n) is 3.75. The number of carbonyl (C=O) groups excluding carboxylic acids is 1. The van der Waals surface area contributed by atoms with Crippen LogP contribution in [0.1, 0.15) is 32.1 Å². The lowest BCUT2D eigenvalue weighted by Gasteiger charge is -2.20. The first kappa shape index (κ1) is 18.2. The molecule has 0 radical (unpaired) electrons. The summed E-state index contributed by atoms with van der Waals surface area (Å²) in [7, 11) is 1.40. The summed E-state index contributed by atoms with van der Waals surface area (Å²) in [5.41, 5.74) is 2.94. The van der Waals surface area contributed by atoms with Gasteiger partial charge in [-0.05, 0) is 43.2 Å². The fraction of sp³-hybridized carbons (Fsp3) is 0.333. The highest BCUT2D eigenvalue weighted by atomic mass is 16.5. The number of hydrogen-bond donors (Lipinski definition) is 2. The summed E-state index contributed by atoms with van der Waals surface area (Å²) in [5.74, 6) is 0.561. The number of anilines is 1. The number of aromatic nitrogens is 2. The smallest absolute Gasteiger partial charge is 0.257 e. The molecule has 0 spiro atoms. The number of rotatable bonds is 4. The number of amides is 1. The number of nitrogens with one attached hydrogen (secondary N) is 1. The molecular formula is C21H23N4O3+. The minimum atomic E-state index is 0.0797. The van der Waals surface area contributed by atoms with Crippen LogP contribution in [-0.4, -0.2) is 32.6 Å². The van der Waals surface area contributed by atoms with E-state index >= 15 is 0 Å². The molecule has 4 rings (SSSR count). The zero-order chi connectivity index (χ0) is 19.7. The Hall–Kier alpha value is -3.22. The third-order valence-corrected chi connectivity index (χ3v) is 5.36. The topological polar surface area (TPSA) is 87.2 Å². The van der Waals surface area contributed by atoms with Crippen molar-refractivity contribution in [2.24, 2.45) is 5.92 Å². The van der Waals surface area contributed by atoms with Crippen molar-refractivity contribution in [3.63, 3.8) is 0 Å². The van der Waals surface area contributed by atoms with E-state index in [0.717, 1.165) is 40.9 Å². The highest BCUT2D eigenvalue weighted by molar-refractivity contribution is 5.93. The second-order valence-electron chi connectivity index (χ2n) is 7.32. The first-order valence-corrected chi connectivity index (χ1v) is 9.57. The normalized spacial score (nSPS) is 14.9. The van der Waals surface area contributed by atoms with Gasteiger partial charge in [0.25, 0.3) is 5.69 Å². The van der Waals surface area contributed by atoms with Crippen molar-refractivity contribution >= 4 is 28.3 Å². The lowest BCUT2D eigenvalue weighted by molar-refractivity contribution is -0.428. The van der Waals surface area contributed by atoms with E-state index in [9.17, 15) is 14.9 Å². The number of imidazole rings is 1. The summed E-state index contributed by atoms with van der Waals surface area (Å²) in [6, 6.07) is 12.2. The van der Waals surface area contributed by atoms with Crippen LogP contribution >= 0.6 is 0 Å². The Bertz CT molecular complexity index is 1030. The van der Waals surface area contributed by atoms with Gasteiger partial charge in [0.15, 0.2) is 12.9 Å². The van der Waals surface area contributed by atoms with Gasteiger partial charge in [-0.1, -0.05) is 19.3 Å². The van der Waals surface area contributed by atoms with Gasteiger partial charge in [-0.3, -0.25) is 4.79 Å². The van der Waals surface area contributed by atoms with Crippen molar-refractivity contribution in [3.05, 3.63) is 47.4 Å². The van der Waals surface area contributed by atoms with Gasteiger partial charge in [0.05, 0.1) is 5.52 Å². The maximum absolute atomic E-state index is 12.4. The Balaban J connectivity index is 1.56. The minimum Gasteiger partial charge on any atom is -0.426 e. The average Bonchev–Trinajstić information content (AvgIpc) is 3.05. The predicted octanol–water partition coefficient (Wildman–Crippen LogP) is 4.50. The number of nitrogens with zero attached hydrogens (tertiary/aromatic N) is 3. The third-order valence-electron chi connectivity index (χ3n) is 5.36. The number of nitroso groups, excluding NO2 is 1. The molecule has 2 aromatic carbocycles. The van der Waals surface area contributed by atoms with Crippen molar-refractivity contribution < 1.29 is 14.8 Å². The van der Waals surface area contributed by atoms with Gasteiger partial charge in [0, 0.05) is 39.0 Å². The molecule has 2 N–H and O–H groups in total. The fourth-order valence-corrected chi connectivity index (χ4v) is 3.75. The van der Waals surface area contributed by atoms with E-state index in [1.165, 1.54) is 13.5 Å². The van der Waals surface area contributed by atoms with Crippen LogP contribution in [0.2, 0.25) is 0 Å². The quantitative estimate of drug-likeness (QED) is 0.516. The molecule has 3 aromatic rings. The Morgan fingerprint density at radius 1 is 1.14 bits per heavy atom. The zero-order valence-electron chi connectivity index (χ0n) is 15.8. The van der Waals surface area contributed by atoms with Crippen LogP contribution in [0.5, 0.6) is 0 Å². The van der Waals surface area contributed by atoms with Gasteiger partial charge in [-0.2, -0.15) is 4.73 Å². The maximum Gasteiger partial charge on any atom is 0.257 e. The lowest BCUT2D eigenvalue weighted by atomic mass is 9.88. The molecule has 1 saturated carbocycles. The van der Waals surface area contributed by atoms with E-state index in [-0.39, 0.29) is 11.8 Å². The van der Waals surface area contributed by atoms with Gasteiger partial charge in [-0.25, -0.2) is 4.98 Å². The Kier molecular flexibility index (Phi) is 4.81. The van der Waals surface area contributed by atoms with E-state index in [0.29, 0.717) is 28.1 Å². The Morgan fingerprint density at radius 3 is 2.54 bits per heavy atom. The van der Waals surface area contributed by atoms with Crippen LogP contribution in [0.4, 0.5) is 11.4 Å². The van der Waals surface area contributed by atoms with E-state index < -0.39 is 0 Å². The molecule has 0 bridgehead atoms. The van der Waals surface area contributed by atoms with E-state index in [1.807, 2.05) is 24.3 Å². The molecule has 1 fully saturated rings. The summed E-state index contributed by atoms with van der Waals surface area (Å²) in [4.78, 5) is 28.3. The Morgan fingerprint density at radius 2 is 1.86 bits per heavy atom. The van der Waals surface area contributed by atoms with Crippen molar-refractivity contribution in [2.45, 2.75) is 32.1 Å². The van der Waals surface area contributed by atoms with Crippen molar-refractivity contribution in [1.29, 1.82) is 0 Å². The standard InChI is InChI=1S/C21H22N4O3/c1-24(27)17-11-12-18-19(13-17)25(28)20(23-18)14-7-9-16(10-8-14)22-21(26)15-5-3-2-4-6-15/h7-13,15H,2-6H2,1H3,(H-,22,23,26,27,28)/p+1. The van der Waals surface area contributed by atoms with Crippen molar-refractivity contribution in [2.75, 3.05) is 12.4 Å². The molecule has 7 nitrogen and oxygen atoms in total.